The van der Waals surface area contributed by atoms with Crippen molar-refractivity contribution in [2.75, 3.05) is 18.0 Å². The second kappa shape index (κ2) is 7.64. The molecule has 0 bridgehead atoms. The van der Waals surface area contributed by atoms with Crippen molar-refractivity contribution >= 4 is 21.6 Å². The predicted octanol–water partition coefficient (Wildman–Crippen LogP) is 5.13. The Morgan fingerprint density at radius 2 is 2.14 bits per heavy atom. The lowest BCUT2D eigenvalue weighted by molar-refractivity contribution is 0.376. The average Bonchev–Trinajstić information content (AvgIpc) is 2.45. The lowest BCUT2D eigenvalue weighted by atomic mass is 9.92. The average molecular weight is 353 g/mol. The largest absolute Gasteiger partial charge is 0.369 e. The molecule has 3 atom stereocenters. The number of hydrogen-bond donors (Lipinski definition) is 1. The molecule has 0 saturated carbocycles. The lowest BCUT2D eigenvalue weighted by Gasteiger charge is -2.40. The van der Waals surface area contributed by atoms with E-state index in [1.165, 1.54) is 41.5 Å². The summed E-state index contributed by atoms with van der Waals surface area (Å²) < 4.78 is 1.17. The van der Waals surface area contributed by atoms with Gasteiger partial charge in [0.2, 0.25) is 0 Å². The van der Waals surface area contributed by atoms with E-state index in [-0.39, 0.29) is 0 Å². The molecule has 1 aromatic rings. The number of nitrogens with zero attached hydrogens (tertiary/aromatic N) is 1. The highest BCUT2D eigenvalue weighted by molar-refractivity contribution is 9.10. The maximum atomic E-state index is 3.64. The highest BCUT2D eigenvalue weighted by Crippen LogP contribution is 2.34. The van der Waals surface area contributed by atoms with Crippen LogP contribution in [0.2, 0.25) is 0 Å². The quantitative estimate of drug-likeness (QED) is 0.789. The molecular formula is C18H29BrN2. The molecule has 0 aromatic heterocycles. The number of nitrogens with one attached hydrogen (secondary N) is 1. The fourth-order valence-corrected chi connectivity index (χ4v) is 3.75. The summed E-state index contributed by atoms with van der Waals surface area (Å²) in [4.78, 5) is 2.60. The first-order chi connectivity index (χ1) is 10.0. The second-order valence-corrected chi connectivity index (χ2v) is 7.47. The first-order valence-corrected chi connectivity index (χ1v) is 9.11. The molecule has 3 heteroatoms. The van der Waals surface area contributed by atoms with Crippen molar-refractivity contribution in [2.45, 2.75) is 59.0 Å². The van der Waals surface area contributed by atoms with Crippen LogP contribution in [0.3, 0.4) is 0 Å². The Bertz CT molecular complexity index is 461. The van der Waals surface area contributed by atoms with E-state index in [4.69, 9.17) is 0 Å². The molecular weight excluding hydrogens is 324 g/mol. The van der Waals surface area contributed by atoms with Crippen LogP contribution >= 0.6 is 15.9 Å². The molecule has 0 radical (unpaired) electrons. The molecule has 1 heterocycles. The number of halogens is 1. The van der Waals surface area contributed by atoms with Crippen LogP contribution in [-0.2, 0) is 0 Å². The van der Waals surface area contributed by atoms with Crippen molar-refractivity contribution in [1.82, 2.24) is 5.32 Å². The summed E-state index contributed by atoms with van der Waals surface area (Å²) in [5.74, 6) is 0.853. The SMILES string of the molecule is CCCNC(C)c1cc(Br)ccc1N1CCC(C)CC1C. The molecule has 1 aromatic carbocycles. The van der Waals surface area contributed by atoms with Crippen LogP contribution in [0.5, 0.6) is 0 Å². The fraction of sp³-hybridized carbons (Fsp3) is 0.667. The smallest absolute Gasteiger partial charge is 0.0417 e. The first-order valence-electron chi connectivity index (χ1n) is 8.32. The van der Waals surface area contributed by atoms with Crippen LogP contribution in [-0.4, -0.2) is 19.1 Å². The van der Waals surface area contributed by atoms with Gasteiger partial charge in [0.15, 0.2) is 0 Å². The third kappa shape index (κ3) is 4.23. The van der Waals surface area contributed by atoms with Gasteiger partial charge in [-0.3, -0.25) is 0 Å². The van der Waals surface area contributed by atoms with Gasteiger partial charge in [-0.25, -0.2) is 0 Å². The van der Waals surface area contributed by atoms with Gasteiger partial charge in [-0.05, 0) is 69.3 Å². The normalized spacial score (nSPS) is 24.1. The Morgan fingerprint density at radius 3 is 2.81 bits per heavy atom. The van der Waals surface area contributed by atoms with Crippen LogP contribution < -0.4 is 10.2 Å². The zero-order chi connectivity index (χ0) is 15.4. The fourth-order valence-electron chi connectivity index (χ4n) is 3.37. The molecule has 1 aliphatic heterocycles. The zero-order valence-corrected chi connectivity index (χ0v) is 15.4. The molecule has 118 valence electrons. The molecule has 2 rings (SSSR count). The number of benzene rings is 1. The van der Waals surface area contributed by atoms with Crippen molar-refractivity contribution in [1.29, 1.82) is 0 Å². The van der Waals surface area contributed by atoms with Crippen molar-refractivity contribution in [2.24, 2.45) is 5.92 Å². The minimum Gasteiger partial charge on any atom is -0.369 e. The number of piperidine rings is 1. The Balaban J connectivity index is 2.26. The van der Waals surface area contributed by atoms with Crippen molar-refractivity contribution in [3.8, 4) is 0 Å². The van der Waals surface area contributed by atoms with E-state index in [1.54, 1.807) is 0 Å². The molecule has 1 saturated heterocycles. The van der Waals surface area contributed by atoms with Gasteiger partial charge in [0, 0.05) is 28.8 Å². The van der Waals surface area contributed by atoms with E-state index in [1.807, 2.05) is 0 Å². The predicted molar refractivity (Wildman–Crippen MR) is 96.1 cm³/mol. The number of hydrogen-bond acceptors (Lipinski definition) is 2. The van der Waals surface area contributed by atoms with Crippen LogP contribution in [0.25, 0.3) is 0 Å². The summed E-state index contributed by atoms with van der Waals surface area (Å²) in [6, 6.07) is 7.77. The number of anilines is 1. The van der Waals surface area contributed by atoms with Gasteiger partial charge >= 0.3 is 0 Å². The minimum atomic E-state index is 0.393. The Labute approximate surface area is 138 Å². The van der Waals surface area contributed by atoms with Crippen molar-refractivity contribution < 1.29 is 0 Å². The molecule has 1 aliphatic rings. The zero-order valence-electron chi connectivity index (χ0n) is 13.8. The van der Waals surface area contributed by atoms with Gasteiger partial charge in [-0.1, -0.05) is 29.8 Å². The number of rotatable bonds is 5. The third-order valence-corrected chi connectivity index (χ3v) is 5.10. The van der Waals surface area contributed by atoms with Gasteiger partial charge in [0.25, 0.3) is 0 Å². The summed E-state index contributed by atoms with van der Waals surface area (Å²) in [7, 11) is 0. The molecule has 21 heavy (non-hydrogen) atoms. The van der Waals surface area contributed by atoms with Crippen molar-refractivity contribution in [3.05, 3.63) is 28.2 Å². The van der Waals surface area contributed by atoms with Crippen molar-refractivity contribution in [3.63, 3.8) is 0 Å². The standard InChI is InChI=1S/C18H29BrN2/c1-5-9-20-15(4)17-12-16(19)6-7-18(17)21-10-8-13(2)11-14(21)3/h6-7,12-15,20H,5,8-11H2,1-4H3. The lowest BCUT2D eigenvalue weighted by Crippen LogP contribution is -2.41. The summed E-state index contributed by atoms with van der Waals surface area (Å²) in [5, 5.41) is 3.63. The maximum Gasteiger partial charge on any atom is 0.0417 e. The van der Waals surface area contributed by atoms with Gasteiger partial charge in [-0.15, -0.1) is 0 Å². The van der Waals surface area contributed by atoms with Gasteiger partial charge in [0.1, 0.15) is 0 Å². The molecule has 1 fully saturated rings. The van der Waals surface area contributed by atoms with Gasteiger partial charge in [0.05, 0.1) is 0 Å². The maximum absolute atomic E-state index is 3.64. The second-order valence-electron chi connectivity index (χ2n) is 6.55. The van der Waals surface area contributed by atoms with Crippen LogP contribution in [0.15, 0.2) is 22.7 Å². The highest BCUT2D eigenvalue weighted by Gasteiger charge is 2.25. The van der Waals surface area contributed by atoms with Crippen LogP contribution in [0, 0.1) is 5.92 Å². The van der Waals surface area contributed by atoms with Gasteiger partial charge < -0.3 is 10.2 Å². The Morgan fingerprint density at radius 1 is 1.38 bits per heavy atom. The molecule has 3 unspecified atom stereocenters. The molecule has 2 nitrogen and oxygen atoms in total. The third-order valence-electron chi connectivity index (χ3n) is 4.60. The monoisotopic (exact) mass is 352 g/mol. The van der Waals surface area contributed by atoms with E-state index in [0.29, 0.717) is 12.1 Å². The summed E-state index contributed by atoms with van der Waals surface area (Å²) in [6.45, 7) is 11.5. The molecule has 0 spiro atoms. The van der Waals surface area contributed by atoms with E-state index in [9.17, 15) is 0 Å². The molecule has 0 aliphatic carbocycles. The Kier molecular flexibility index (Phi) is 6.12. The highest BCUT2D eigenvalue weighted by atomic mass is 79.9. The van der Waals surface area contributed by atoms with Crippen LogP contribution in [0.1, 0.15) is 58.6 Å². The first kappa shape index (κ1) is 16.8. The summed E-state index contributed by atoms with van der Waals surface area (Å²) in [5.41, 5.74) is 2.83. The molecule has 0 amide bonds. The van der Waals surface area contributed by atoms with E-state index < -0.39 is 0 Å². The Hall–Kier alpha value is -0.540. The van der Waals surface area contributed by atoms with E-state index in [2.05, 4.69) is 72.0 Å². The van der Waals surface area contributed by atoms with Crippen LogP contribution in [0.4, 0.5) is 5.69 Å². The topological polar surface area (TPSA) is 15.3 Å². The van der Waals surface area contributed by atoms with Gasteiger partial charge in [-0.2, -0.15) is 0 Å². The summed E-state index contributed by atoms with van der Waals surface area (Å²) in [6.07, 6.45) is 3.77. The summed E-state index contributed by atoms with van der Waals surface area (Å²) >= 11 is 3.64. The molecule has 1 N–H and O–H groups in total. The van der Waals surface area contributed by atoms with E-state index >= 15 is 0 Å². The minimum absolute atomic E-state index is 0.393. The van der Waals surface area contributed by atoms with E-state index in [0.717, 1.165) is 12.5 Å².